The summed E-state index contributed by atoms with van der Waals surface area (Å²) in [4.78, 5) is 49.4. The number of hydrogen-bond acceptors (Lipinski definition) is 6. The summed E-state index contributed by atoms with van der Waals surface area (Å²) < 4.78 is 11.1. The molecule has 40 heavy (non-hydrogen) atoms. The van der Waals surface area contributed by atoms with E-state index in [9.17, 15) is 19.2 Å². The van der Waals surface area contributed by atoms with Crippen molar-refractivity contribution in [1.29, 1.82) is 0 Å². The molecule has 0 aromatic rings. The van der Waals surface area contributed by atoms with Gasteiger partial charge in [0.2, 0.25) is 5.91 Å². The first kappa shape index (κ1) is 30.8. The molecule has 8 nitrogen and oxygen atoms in total. The van der Waals surface area contributed by atoms with Crippen molar-refractivity contribution in [1.82, 2.24) is 10.6 Å². The molecule has 0 heterocycles. The molecule has 9 atom stereocenters. The fourth-order valence-electron chi connectivity index (χ4n) is 9.28. The van der Waals surface area contributed by atoms with Crippen LogP contribution in [-0.2, 0) is 23.9 Å². The van der Waals surface area contributed by atoms with Crippen molar-refractivity contribution in [2.75, 3.05) is 6.54 Å². The van der Waals surface area contributed by atoms with Crippen LogP contribution in [0.25, 0.3) is 0 Å². The third-order valence-corrected chi connectivity index (χ3v) is 11.2. The normalized spacial score (nSPS) is 38.0. The quantitative estimate of drug-likeness (QED) is 0.411. The number of carbonyl (C=O) groups is 4. The molecule has 0 aromatic carbocycles. The SMILES string of the molecule is CC(=O)[C@H]1CC[C@H]2[C@H]3CCC[C@H]4C[C@H](OC(=O)[C@H](C)NC(=O)CNC(=O)OC(C)(C)C)CC[C@]4(C)[C@H]3CC[C@]12C. The molecule has 8 heteroatoms. The van der Waals surface area contributed by atoms with Gasteiger partial charge in [-0.25, -0.2) is 9.59 Å². The van der Waals surface area contributed by atoms with Gasteiger partial charge in [-0.15, -0.1) is 0 Å². The highest BCUT2D eigenvalue weighted by atomic mass is 16.6. The predicted octanol–water partition coefficient (Wildman–Crippen LogP) is 5.57. The molecule has 0 aromatic heterocycles. The highest BCUT2D eigenvalue weighted by Gasteiger charge is 2.60. The number of alkyl carbamates (subject to hydrolysis) is 1. The van der Waals surface area contributed by atoms with Crippen LogP contribution in [0.2, 0.25) is 0 Å². The van der Waals surface area contributed by atoms with Gasteiger partial charge in [-0.3, -0.25) is 9.59 Å². The average molecular weight is 561 g/mol. The Labute approximate surface area is 240 Å². The number of Topliss-reactive ketones (excluding diaryl/α,β-unsaturated/α-hetero) is 1. The Morgan fingerprint density at radius 2 is 1.60 bits per heavy atom. The van der Waals surface area contributed by atoms with Gasteiger partial charge in [0.1, 0.15) is 30.1 Å². The zero-order valence-electron chi connectivity index (χ0n) is 25.8. The molecule has 2 amide bonds. The Bertz CT molecular complexity index is 990. The Kier molecular flexibility index (Phi) is 8.97. The van der Waals surface area contributed by atoms with E-state index in [2.05, 4.69) is 24.5 Å². The van der Waals surface area contributed by atoms with Crippen molar-refractivity contribution >= 4 is 23.8 Å². The molecular formula is C32H52N2O6. The van der Waals surface area contributed by atoms with Crippen molar-refractivity contribution in [2.45, 2.75) is 130 Å². The standard InChI is InChI=1S/C32H52N2O6/c1-19(34-27(36)18-33-29(38)40-30(3,4)5)28(37)39-22-13-15-31(6)21(17-22)9-8-10-23-25-12-11-24(20(2)35)32(25,7)16-14-26(23)31/h19,21-26H,8-18H2,1-7H3,(H,33,38)(H,34,36)/t19-,21-,22+,23+,24+,25-,26-,31-,32+/m0/s1. The van der Waals surface area contributed by atoms with Crippen LogP contribution >= 0.6 is 0 Å². The van der Waals surface area contributed by atoms with Crippen LogP contribution in [0.3, 0.4) is 0 Å². The van der Waals surface area contributed by atoms with E-state index in [1.807, 2.05) is 0 Å². The highest BCUT2D eigenvalue weighted by Crippen LogP contribution is 2.66. The molecule has 4 rings (SSSR count). The monoisotopic (exact) mass is 560 g/mol. The number of ketones is 1. The minimum atomic E-state index is -0.799. The largest absolute Gasteiger partial charge is 0.461 e. The van der Waals surface area contributed by atoms with Gasteiger partial charge in [0, 0.05) is 5.92 Å². The summed E-state index contributed by atoms with van der Waals surface area (Å²) in [5.74, 6) is 2.26. The van der Waals surface area contributed by atoms with E-state index in [0.29, 0.717) is 29.5 Å². The number of rotatable bonds is 6. The number of carbonyl (C=O) groups excluding carboxylic acids is 4. The number of fused-ring (bicyclic) bond motifs is 5. The van der Waals surface area contributed by atoms with Crippen LogP contribution in [-0.4, -0.2) is 48.0 Å². The van der Waals surface area contributed by atoms with Gasteiger partial charge >= 0.3 is 12.1 Å². The van der Waals surface area contributed by atoms with E-state index in [1.165, 1.54) is 32.1 Å². The average Bonchev–Trinajstić information content (AvgIpc) is 3.13. The first-order valence-electron chi connectivity index (χ1n) is 15.6. The van der Waals surface area contributed by atoms with Crippen LogP contribution in [0, 0.1) is 40.4 Å². The fraction of sp³-hybridized carbons (Fsp3) is 0.875. The van der Waals surface area contributed by atoms with Crippen molar-refractivity contribution < 1.29 is 28.7 Å². The van der Waals surface area contributed by atoms with Crippen molar-refractivity contribution in [3.8, 4) is 0 Å². The summed E-state index contributed by atoms with van der Waals surface area (Å²) in [7, 11) is 0. The van der Waals surface area contributed by atoms with Gasteiger partial charge in [0.15, 0.2) is 0 Å². The molecule has 0 aliphatic heterocycles. The third-order valence-electron chi connectivity index (χ3n) is 11.2. The van der Waals surface area contributed by atoms with E-state index in [0.717, 1.165) is 32.1 Å². The molecule has 226 valence electrons. The van der Waals surface area contributed by atoms with Gasteiger partial charge in [-0.2, -0.15) is 0 Å². The number of nitrogens with one attached hydrogen (secondary N) is 2. The molecule has 4 aliphatic rings. The van der Waals surface area contributed by atoms with Crippen LogP contribution in [0.5, 0.6) is 0 Å². The second kappa shape index (κ2) is 11.6. The lowest BCUT2D eigenvalue weighted by Gasteiger charge is -2.56. The zero-order chi connectivity index (χ0) is 29.5. The number of esters is 1. The maximum absolute atomic E-state index is 12.9. The molecule has 4 fully saturated rings. The Balaban J connectivity index is 1.31. The Hall–Kier alpha value is -2.12. The lowest BCUT2D eigenvalue weighted by atomic mass is 9.49. The third kappa shape index (κ3) is 6.35. The number of ether oxygens (including phenoxy) is 2. The number of hydrogen-bond donors (Lipinski definition) is 2. The predicted molar refractivity (Wildman–Crippen MR) is 152 cm³/mol. The Morgan fingerprint density at radius 1 is 0.925 bits per heavy atom. The molecule has 4 saturated carbocycles. The minimum absolute atomic E-state index is 0.135. The van der Waals surface area contributed by atoms with Gasteiger partial charge in [-0.05, 0) is 127 Å². The van der Waals surface area contributed by atoms with E-state index < -0.39 is 29.6 Å². The van der Waals surface area contributed by atoms with Gasteiger partial charge in [0.05, 0.1) is 0 Å². The molecule has 2 N–H and O–H groups in total. The smallest absolute Gasteiger partial charge is 0.408 e. The minimum Gasteiger partial charge on any atom is -0.461 e. The van der Waals surface area contributed by atoms with Crippen molar-refractivity contribution in [3.05, 3.63) is 0 Å². The van der Waals surface area contributed by atoms with Crippen LogP contribution in [0.15, 0.2) is 0 Å². The molecule has 0 spiro atoms. The van der Waals surface area contributed by atoms with E-state index in [-0.39, 0.29) is 29.4 Å². The maximum Gasteiger partial charge on any atom is 0.408 e. The van der Waals surface area contributed by atoms with Crippen molar-refractivity contribution in [3.63, 3.8) is 0 Å². The molecule has 0 unspecified atom stereocenters. The van der Waals surface area contributed by atoms with E-state index in [4.69, 9.17) is 9.47 Å². The molecule has 0 bridgehead atoms. The van der Waals surface area contributed by atoms with Gasteiger partial charge < -0.3 is 20.1 Å². The van der Waals surface area contributed by atoms with E-state index >= 15 is 0 Å². The topological polar surface area (TPSA) is 111 Å². The second-order valence-electron chi connectivity index (χ2n) is 14.8. The van der Waals surface area contributed by atoms with Crippen LogP contribution < -0.4 is 10.6 Å². The van der Waals surface area contributed by atoms with Gasteiger partial charge in [0.25, 0.3) is 0 Å². The molecule has 0 radical (unpaired) electrons. The van der Waals surface area contributed by atoms with Crippen LogP contribution in [0.4, 0.5) is 4.79 Å². The summed E-state index contributed by atoms with van der Waals surface area (Å²) in [5, 5.41) is 5.04. The number of amides is 2. The molecule has 0 saturated heterocycles. The zero-order valence-corrected chi connectivity index (χ0v) is 25.8. The highest BCUT2D eigenvalue weighted by molar-refractivity contribution is 5.87. The molecular weight excluding hydrogens is 508 g/mol. The first-order valence-corrected chi connectivity index (χ1v) is 15.6. The fourth-order valence-corrected chi connectivity index (χ4v) is 9.28. The van der Waals surface area contributed by atoms with Crippen molar-refractivity contribution in [2.24, 2.45) is 40.4 Å². The summed E-state index contributed by atoms with van der Waals surface area (Å²) in [6.07, 6.45) is 10.2. The lowest BCUT2D eigenvalue weighted by Crippen LogP contribution is -2.51. The lowest BCUT2D eigenvalue weighted by molar-refractivity contribution is -0.159. The summed E-state index contributed by atoms with van der Waals surface area (Å²) in [6.45, 7) is 13.3. The van der Waals surface area contributed by atoms with Gasteiger partial charge in [-0.1, -0.05) is 20.3 Å². The second-order valence-corrected chi connectivity index (χ2v) is 14.8. The maximum atomic E-state index is 12.9. The summed E-state index contributed by atoms with van der Waals surface area (Å²) in [6, 6.07) is -0.799. The summed E-state index contributed by atoms with van der Waals surface area (Å²) in [5.41, 5.74) is -0.246. The summed E-state index contributed by atoms with van der Waals surface area (Å²) >= 11 is 0. The van der Waals surface area contributed by atoms with E-state index in [1.54, 1.807) is 34.6 Å². The van der Waals surface area contributed by atoms with Crippen LogP contribution in [0.1, 0.15) is 113 Å². The first-order chi connectivity index (χ1) is 18.6. The molecule has 4 aliphatic carbocycles. The Morgan fingerprint density at radius 3 is 2.27 bits per heavy atom.